The number of fused-ring (bicyclic) bond motifs is 2. The van der Waals surface area contributed by atoms with Crippen LogP contribution in [0.25, 0.3) is 10.8 Å². The quantitative estimate of drug-likeness (QED) is 0.450. The van der Waals surface area contributed by atoms with Gasteiger partial charge >= 0.3 is 0 Å². The average molecular weight is 374 g/mol. The van der Waals surface area contributed by atoms with Crippen LogP contribution in [0.1, 0.15) is 32.8 Å². The molecule has 0 bridgehead atoms. The van der Waals surface area contributed by atoms with Gasteiger partial charge in [0.15, 0.2) is 5.54 Å². The van der Waals surface area contributed by atoms with E-state index in [4.69, 9.17) is 0 Å². The van der Waals surface area contributed by atoms with E-state index in [0.717, 1.165) is 6.42 Å². The Bertz CT molecular complexity index is 825. The second-order valence-electron chi connectivity index (χ2n) is 6.28. The molecule has 2 heteroatoms. The topological polar surface area (TPSA) is 3.01 Å². The summed E-state index contributed by atoms with van der Waals surface area (Å²) >= 11 is 2.44. The fraction of sp³-hybridized carbons (Fsp3) is 0.278. The first-order chi connectivity index (χ1) is 9.54. The van der Waals surface area contributed by atoms with Gasteiger partial charge in [-0.3, -0.25) is 0 Å². The minimum atomic E-state index is 0.163. The van der Waals surface area contributed by atoms with Crippen molar-refractivity contribution in [2.45, 2.75) is 32.7 Å². The summed E-state index contributed by atoms with van der Waals surface area (Å²) in [6.07, 6.45) is 3.41. The van der Waals surface area contributed by atoms with Gasteiger partial charge in [0.2, 0.25) is 11.4 Å². The first-order valence-corrected chi connectivity index (χ1v) is 8.17. The van der Waals surface area contributed by atoms with Crippen molar-refractivity contribution in [2.75, 3.05) is 0 Å². The lowest BCUT2D eigenvalue weighted by Crippen LogP contribution is -2.28. The highest BCUT2D eigenvalue weighted by molar-refractivity contribution is 14.1. The SMILES string of the molecule is C/C=C1\CC(C)(C)[N+]2=C1c1cccc3c(I)ccc2c13. The van der Waals surface area contributed by atoms with Crippen LogP contribution >= 0.6 is 22.6 Å². The summed E-state index contributed by atoms with van der Waals surface area (Å²) in [7, 11) is 0. The summed E-state index contributed by atoms with van der Waals surface area (Å²) in [6.45, 7) is 6.85. The maximum Gasteiger partial charge on any atom is 0.217 e. The van der Waals surface area contributed by atoms with Gasteiger partial charge in [0, 0.05) is 40.9 Å². The molecule has 2 aliphatic heterocycles. The van der Waals surface area contributed by atoms with Gasteiger partial charge in [0.25, 0.3) is 0 Å². The molecule has 0 atom stereocenters. The smallest absolute Gasteiger partial charge is 0.186 e. The fourth-order valence-electron chi connectivity index (χ4n) is 3.79. The Labute approximate surface area is 133 Å². The number of allylic oxidation sites excluding steroid dienone is 1. The van der Waals surface area contributed by atoms with Crippen molar-refractivity contribution in [3.05, 3.63) is 51.1 Å². The molecule has 0 radical (unpaired) electrons. The molecule has 0 aromatic heterocycles. The predicted molar refractivity (Wildman–Crippen MR) is 93.1 cm³/mol. The molecule has 2 heterocycles. The molecule has 0 fully saturated rings. The molecule has 0 saturated heterocycles. The zero-order valence-corrected chi connectivity index (χ0v) is 14.2. The van der Waals surface area contributed by atoms with Gasteiger partial charge < -0.3 is 0 Å². The van der Waals surface area contributed by atoms with Gasteiger partial charge in [0.05, 0.1) is 10.9 Å². The van der Waals surface area contributed by atoms with E-state index < -0.39 is 0 Å². The van der Waals surface area contributed by atoms with E-state index in [1.54, 1.807) is 0 Å². The molecule has 20 heavy (non-hydrogen) atoms. The van der Waals surface area contributed by atoms with E-state index in [1.807, 2.05) is 0 Å². The van der Waals surface area contributed by atoms with E-state index in [0.29, 0.717) is 0 Å². The lowest BCUT2D eigenvalue weighted by molar-refractivity contribution is -0.512. The van der Waals surface area contributed by atoms with Crippen LogP contribution in [0, 0.1) is 3.57 Å². The van der Waals surface area contributed by atoms with Crippen molar-refractivity contribution in [2.24, 2.45) is 0 Å². The molecule has 0 spiro atoms. The summed E-state index contributed by atoms with van der Waals surface area (Å²) in [4.78, 5) is 0. The summed E-state index contributed by atoms with van der Waals surface area (Å²) in [5.74, 6) is 0. The normalized spacial score (nSPS) is 21.1. The van der Waals surface area contributed by atoms with Gasteiger partial charge in [0.1, 0.15) is 0 Å². The standard InChI is InChI=1S/C18H17IN/c1-4-11-10-18(2,3)20-15-9-8-14(19)12-6-5-7-13(16(12)15)17(11)20/h4-9H,10H2,1-3H3/q+1/b11-4+. The van der Waals surface area contributed by atoms with Gasteiger partial charge in [-0.2, -0.15) is 4.58 Å². The van der Waals surface area contributed by atoms with E-state index >= 15 is 0 Å². The molecule has 2 aromatic rings. The van der Waals surface area contributed by atoms with Crippen LogP contribution in [0.4, 0.5) is 5.69 Å². The Hall–Kier alpha value is -1.16. The molecule has 2 aliphatic rings. The molecule has 100 valence electrons. The number of halogens is 1. The Morgan fingerprint density at radius 1 is 1.20 bits per heavy atom. The molecule has 2 aromatic carbocycles. The van der Waals surface area contributed by atoms with Crippen molar-refractivity contribution in [1.82, 2.24) is 0 Å². The molecule has 0 unspecified atom stereocenters. The lowest BCUT2D eigenvalue weighted by atomic mass is 9.92. The van der Waals surface area contributed by atoms with Crippen molar-refractivity contribution >= 4 is 44.8 Å². The highest BCUT2D eigenvalue weighted by Gasteiger charge is 2.49. The van der Waals surface area contributed by atoms with Crippen molar-refractivity contribution in [3.63, 3.8) is 0 Å². The number of hydrogen-bond donors (Lipinski definition) is 0. The molecule has 0 N–H and O–H groups in total. The van der Waals surface area contributed by atoms with Crippen LogP contribution in [-0.2, 0) is 0 Å². The van der Waals surface area contributed by atoms with E-state index in [1.165, 1.54) is 36.9 Å². The molecule has 0 amide bonds. The highest BCUT2D eigenvalue weighted by Crippen LogP contribution is 2.46. The molecule has 0 aliphatic carbocycles. The molecular weight excluding hydrogens is 357 g/mol. The minimum Gasteiger partial charge on any atom is -0.186 e. The van der Waals surface area contributed by atoms with Gasteiger partial charge in [-0.1, -0.05) is 18.2 Å². The number of rotatable bonds is 0. The van der Waals surface area contributed by atoms with Crippen molar-refractivity contribution in [1.29, 1.82) is 0 Å². The van der Waals surface area contributed by atoms with E-state index in [-0.39, 0.29) is 5.54 Å². The largest absolute Gasteiger partial charge is 0.217 e. The zero-order chi connectivity index (χ0) is 14.1. The third kappa shape index (κ3) is 1.40. The molecule has 1 nitrogen and oxygen atoms in total. The van der Waals surface area contributed by atoms with E-state index in [2.05, 4.69) is 84.3 Å². The monoisotopic (exact) mass is 374 g/mol. The molecular formula is C18H17IN+. The minimum absolute atomic E-state index is 0.163. The molecule has 0 saturated carbocycles. The maximum absolute atomic E-state index is 2.55. The van der Waals surface area contributed by atoms with Gasteiger partial charge in [-0.05, 0) is 41.6 Å². The third-order valence-electron chi connectivity index (χ3n) is 4.57. The van der Waals surface area contributed by atoms with Crippen LogP contribution in [0.15, 0.2) is 42.0 Å². The lowest BCUT2D eigenvalue weighted by Gasteiger charge is -2.16. The van der Waals surface area contributed by atoms with Crippen LogP contribution in [-0.4, -0.2) is 15.8 Å². The molecule has 4 rings (SSSR count). The first kappa shape index (κ1) is 12.6. The Morgan fingerprint density at radius 3 is 2.75 bits per heavy atom. The third-order valence-corrected chi connectivity index (χ3v) is 5.51. The van der Waals surface area contributed by atoms with Crippen molar-refractivity contribution < 1.29 is 4.58 Å². The number of benzene rings is 2. The Kier molecular flexibility index (Phi) is 2.48. The maximum atomic E-state index is 2.55. The van der Waals surface area contributed by atoms with Crippen LogP contribution in [0.2, 0.25) is 0 Å². The van der Waals surface area contributed by atoms with Crippen LogP contribution in [0.5, 0.6) is 0 Å². The number of hydrogen-bond acceptors (Lipinski definition) is 0. The van der Waals surface area contributed by atoms with E-state index in [9.17, 15) is 0 Å². The zero-order valence-electron chi connectivity index (χ0n) is 12.0. The average Bonchev–Trinajstić information content (AvgIpc) is 2.90. The summed E-state index contributed by atoms with van der Waals surface area (Å²) < 4.78 is 3.89. The Morgan fingerprint density at radius 2 is 2.00 bits per heavy atom. The summed E-state index contributed by atoms with van der Waals surface area (Å²) in [5.41, 5.74) is 5.87. The summed E-state index contributed by atoms with van der Waals surface area (Å²) in [6, 6.07) is 11.3. The second-order valence-corrected chi connectivity index (χ2v) is 7.44. The highest BCUT2D eigenvalue weighted by atomic mass is 127. The Balaban J connectivity index is 2.18. The van der Waals surface area contributed by atoms with Crippen LogP contribution in [0.3, 0.4) is 0 Å². The van der Waals surface area contributed by atoms with Gasteiger partial charge in [-0.15, -0.1) is 0 Å². The second kappa shape index (κ2) is 3.94. The van der Waals surface area contributed by atoms with Crippen LogP contribution < -0.4 is 0 Å². The fourth-order valence-corrected chi connectivity index (χ4v) is 4.42. The first-order valence-electron chi connectivity index (χ1n) is 7.09. The van der Waals surface area contributed by atoms with Gasteiger partial charge in [-0.25, -0.2) is 0 Å². The summed E-state index contributed by atoms with van der Waals surface area (Å²) in [5, 5.41) is 2.82. The number of nitrogens with zero attached hydrogens (tertiary/aromatic N) is 1. The van der Waals surface area contributed by atoms with Crippen molar-refractivity contribution in [3.8, 4) is 0 Å². The predicted octanol–water partition coefficient (Wildman–Crippen LogP) is 5.02.